The van der Waals surface area contributed by atoms with Gasteiger partial charge in [0.25, 0.3) is 15.9 Å². The van der Waals surface area contributed by atoms with Gasteiger partial charge in [-0.2, -0.15) is 0 Å². The van der Waals surface area contributed by atoms with E-state index in [2.05, 4.69) is 10.0 Å². The number of benzene rings is 2. The number of carbonyl (C=O) groups excluding carboxylic acids is 1. The van der Waals surface area contributed by atoms with Crippen molar-refractivity contribution in [2.24, 2.45) is 0 Å². The molecule has 0 bridgehead atoms. The highest BCUT2D eigenvalue weighted by Crippen LogP contribution is 2.18. The second kappa shape index (κ2) is 9.16. The molecular weight excluding hydrogens is 393 g/mol. The van der Waals surface area contributed by atoms with E-state index in [9.17, 15) is 17.6 Å². The number of anilines is 1. The molecule has 146 valence electrons. The lowest BCUT2D eigenvalue weighted by molar-refractivity contribution is 0.0766. The summed E-state index contributed by atoms with van der Waals surface area (Å²) >= 11 is 0. The summed E-state index contributed by atoms with van der Waals surface area (Å²) in [5, 5.41) is 3.22. The Balaban J connectivity index is 0.00000261. The maximum absolute atomic E-state index is 13.0. The van der Waals surface area contributed by atoms with Crippen LogP contribution < -0.4 is 10.0 Å². The first-order valence-corrected chi connectivity index (χ1v) is 9.82. The van der Waals surface area contributed by atoms with Crippen molar-refractivity contribution < 1.29 is 17.6 Å². The molecule has 1 amide bonds. The highest BCUT2D eigenvalue weighted by atomic mass is 35.5. The lowest BCUT2D eigenvalue weighted by Gasteiger charge is -2.20. The second-order valence-electron chi connectivity index (χ2n) is 6.04. The van der Waals surface area contributed by atoms with E-state index in [1.807, 2.05) is 0 Å². The molecule has 0 unspecified atom stereocenters. The van der Waals surface area contributed by atoms with Gasteiger partial charge in [-0.1, -0.05) is 6.07 Å². The number of amides is 1. The van der Waals surface area contributed by atoms with E-state index >= 15 is 0 Å². The number of nitrogens with zero attached hydrogens (tertiary/aromatic N) is 1. The molecule has 0 atom stereocenters. The third-order valence-electron chi connectivity index (χ3n) is 4.12. The summed E-state index contributed by atoms with van der Waals surface area (Å²) in [6.07, 6.45) is 0.857. The predicted molar refractivity (Wildman–Crippen MR) is 104 cm³/mol. The fraction of sp³-hybridized carbons (Fsp3) is 0.278. The van der Waals surface area contributed by atoms with Gasteiger partial charge in [-0.05, 0) is 55.4 Å². The number of carbonyl (C=O) groups is 1. The fourth-order valence-corrected chi connectivity index (χ4v) is 3.86. The van der Waals surface area contributed by atoms with Gasteiger partial charge in [0.1, 0.15) is 5.82 Å². The van der Waals surface area contributed by atoms with E-state index in [1.54, 1.807) is 17.0 Å². The molecule has 0 aliphatic carbocycles. The molecule has 1 aliphatic heterocycles. The number of sulfonamides is 1. The van der Waals surface area contributed by atoms with Crippen molar-refractivity contribution in [2.45, 2.75) is 11.3 Å². The Morgan fingerprint density at radius 2 is 1.81 bits per heavy atom. The molecule has 1 fully saturated rings. The largest absolute Gasteiger partial charge is 0.337 e. The van der Waals surface area contributed by atoms with E-state index in [4.69, 9.17) is 0 Å². The van der Waals surface area contributed by atoms with Crippen molar-refractivity contribution in [3.63, 3.8) is 0 Å². The summed E-state index contributed by atoms with van der Waals surface area (Å²) in [4.78, 5) is 14.4. The molecule has 2 N–H and O–H groups in total. The van der Waals surface area contributed by atoms with Gasteiger partial charge < -0.3 is 10.2 Å². The van der Waals surface area contributed by atoms with Crippen molar-refractivity contribution in [1.82, 2.24) is 10.2 Å². The van der Waals surface area contributed by atoms with Gasteiger partial charge in [0.2, 0.25) is 0 Å². The Morgan fingerprint density at radius 1 is 1.07 bits per heavy atom. The molecule has 0 radical (unpaired) electrons. The summed E-state index contributed by atoms with van der Waals surface area (Å²) in [6.45, 7) is 2.80. The zero-order chi connectivity index (χ0) is 18.6. The van der Waals surface area contributed by atoms with Crippen LogP contribution in [0.4, 0.5) is 10.1 Å². The second-order valence-corrected chi connectivity index (χ2v) is 7.72. The highest BCUT2D eigenvalue weighted by molar-refractivity contribution is 7.92. The number of hydrogen-bond acceptors (Lipinski definition) is 4. The monoisotopic (exact) mass is 413 g/mol. The van der Waals surface area contributed by atoms with Gasteiger partial charge in [0, 0.05) is 30.9 Å². The van der Waals surface area contributed by atoms with Crippen LogP contribution in [0.5, 0.6) is 0 Å². The molecule has 27 heavy (non-hydrogen) atoms. The van der Waals surface area contributed by atoms with Crippen LogP contribution in [0.1, 0.15) is 16.8 Å². The van der Waals surface area contributed by atoms with Crippen LogP contribution in [0.25, 0.3) is 0 Å². The summed E-state index contributed by atoms with van der Waals surface area (Å²) in [5.74, 6) is -0.639. The van der Waals surface area contributed by atoms with E-state index in [0.29, 0.717) is 18.7 Å². The molecule has 0 aromatic heterocycles. The molecule has 1 heterocycles. The third-order valence-corrected chi connectivity index (χ3v) is 5.49. The lowest BCUT2D eigenvalue weighted by atomic mass is 10.2. The first-order valence-electron chi connectivity index (χ1n) is 8.34. The fourth-order valence-electron chi connectivity index (χ4n) is 2.76. The van der Waals surface area contributed by atoms with Crippen molar-refractivity contribution in [1.29, 1.82) is 0 Å². The SMILES string of the molecule is Cl.O=C(c1cccc(S(=O)(=O)Nc2ccc(F)cc2)c1)N1CCCNCC1. The first-order chi connectivity index (χ1) is 12.5. The minimum absolute atomic E-state index is 0. The van der Waals surface area contributed by atoms with Crippen LogP contribution in [0, 0.1) is 5.82 Å². The summed E-state index contributed by atoms with van der Waals surface area (Å²) in [6, 6.07) is 11.0. The summed E-state index contributed by atoms with van der Waals surface area (Å²) in [7, 11) is -3.88. The predicted octanol–water partition coefficient (Wildman–Crippen LogP) is 2.48. The Morgan fingerprint density at radius 3 is 2.56 bits per heavy atom. The van der Waals surface area contributed by atoms with Crippen molar-refractivity contribution in [3.05, 3.63) is 59.9 Å². The van der Waals surface area contributed by atoms with E-state index in [1.165, 1.54) is 36.4 Å². The smallest absolute Gasteiger partial charge is 0.261 e. The third kappa shape index (κ3) is 5.41. The van der Waals surface area contributed by atoms with Crippen LogP contribution in [0.2, 0.25) is 0 Å². The van der Waals surface area contributed by atoms with E-state index in [0.717, 1.165) is 19.5 Å². The Labute approximate surface area is 164 Å². The topological polar surface area (TPSA) is 78.5 Å². The zero-order valence-corrected chi connectivity index (χ0v) is 16.2. The van der Waals surface area contributed by atoms with Gasteiger partial charge in [-0.15, -0.1) is 12.4 Å². The molecule has 0 saturated carbocycles. The van der Waals surface area contributed by atoms with Gasteiger partial charge in [0.15, 0.2) is 0 Å². The molecule has 9 heteroatoms. The summed E-state index contributed by atoms with van der Waals surface area (Å²) in [5.41, 5.74) is 0.579. The minimum Gasteiger partial charge on any atom is -0.337 e. The molecule has 2 aromatic rings. The summed E-state index contributed by atoms with van der Waals surface area (Å²) < 4.78 is 40.5. The van der Waals surface area contributed by atoms with Crippen LogP contribution >= 0.6 is 12.4 Å². The van der Waals surface area contributed by atoms with E-state index < -0.39 is 15.8 Å². The lowest BCUT2D eigenvalue weighted by Crippen LogP contribution is -2.34. The van der Waals surface area contributed by atoms with Gasteiger partial charge >= 0.3 is 0 Å². The molecular formula is C18H21ClFN3O3S. The maximum atomic E-state index is 13.0. The highest BCUT2D eigenvalue weighted by Gasteiger charge is 2.20. The van der Waals surface area contributed by atoms with Crippen molar-refractivity contribution in [2.75, 3.05) is 30.9 Å². The van der Waals surface area contributed by atoms with Gasteiger partial charge in [0.05, 0.1) is 4.90 Å². The van der Waals surface area contributed by atoms with Gasteiger partial charge in [-0.3, -0.25) is 9.52 Å². The Kier molecular flexibility index (Phi) is 7.18. The molecule has 6 nitrogen and oxygen atoms in total. The van der Waals surface area contributed by atoms with Crippen molar-refractivity contribution >= 4 is 34.0 Å². The maximum Gasteiger partial charge on any atom is 0.261 e. The minimum atomic E-state index is -3.88. The standard InChI is InChI=1S/C18H20FN3O3S.ClH/c19-15-5-7-16(8-6-15)21-26(24,25)17-4-1-3-14(13-17)18(23)22-11-2-9-20-10-12-22;/h1,3-8,13,20-21H,2,9-12H2;1H. The zero-order valence-electron chi connectivity index (χ0n) is 14.5. The number of halogens is 2. The van der Waals surface area contributed by atoms with Gasteiger partial charge in [-0.25, -0.2) is 12.8 Å². The van der Waals surface area contributed by atoms with Crippen LogP contribution in [0.15, 0.2) is 53.4 Å². The molecule has 2 aromatic carbocycles. The number of nitrogens with one attached hydrogen (secondary N) is 2. The van der Waals surface area contributed by atoms with Crippen LogP contribution in [-0.2, 0) is 10.0 Å². The molecule has 1 saturated heterocycles. The molecule has 1 aliphatic rings. The number of hydrogen-bond donors (Lipinski definition) is 2. The Bertz CT molecular complexity index is 883. The Hall–Kier alpha value is -2.16. The van der Waals surface area contributed by atoms with Crippen LogP contribution in [0.3, 0.4) is 0 Å². The first kappa shape index (κ1) is 21.1. The van der Waals surface area contributed by atoms with E-state index in [-0.39, 0.29) is 28.9 Å². The normalized spacial score (nSPS) is 14.8. The average Bonchev–Trinajstić information content (AvgIpc) is 2.92. The van der Waals surface area contributed by atoms with Crippen LogP contribution in [-0.4, -0.2) is 45.4 Å². The quantitative estimate of drug-likeness (QED) is 0.807. The van der Waals surface area contributed by atoms with Crippen molar-refractivity contribution in [3.8, 4) is 0 Å². The molecule has 0 spiro atoms. The average molecular weight is 414 g/mol. The molecule has 3 rings (SSSR count). The number of rotatable bonds is 4.